The van der Waals surface area contributed by atoms with Gasteiger partial charge in [-0.3, -0.25) is 4.79 Å². The highest BCUT2D eigenvalue weighted by Crippen LogP contribution is 2.04. The molecule has 0 aliphatic heterocycles. The zero-order valence-electron chi connectivity index (χ0n) is 10.1. The second-order valence-corrected chi connectivity index (χ2v) is 4.22. The molecule has 0 saturated carbocycles. The molecule has 4 N–H and O–H groups in total. The van der Waals surface area contributed by atoms with Crippen LogP contribution >= 0.6 is 0 Å². The van der Waals surface area contributed by atoms with E-state index in [0.717, 1.165) is 6.42 Å². The average Bonchev–Trinajstić information content (AvgIpc) is 2.36. The number of hydrogen-bond acceptors (Lipinski definition) is 3. The summed E-state index contributed by atoms with van der Waals surface area (Å²) in [5.41, 5.74) is 6.95. The minimum absolute atomic E-state index is 0.0723. The van der Waals surface area contributed by atoms with Crippen molar-refractivity contribution in [3.8, 4) is 0 Å². The Labute approximate surface area is 102 Å². The molecule has 0 unspecified atom stereocenters. The van der Waals surface area contributed by atoms with E-state index in [-0.39, 0.29) is 18.6 Å². The first-order valence-electron chi connectivity index (χ1n) is 5.84. The van der Waals surface area contributed by atoms with Gasteiger partial charge in [0.1, 0.15) is 0 Å². The second kappa shape index (κ2) is 7.04. The number of nitrogens with one attached hydrogen (secondary N) is 1. The van der Waals surface area contributed by atoms with E-state index in [1.807, 2.05) is 30.3 Å². The molecule has 17 heavy (non-hydrogen) atoms. The van der Waals surface area contributed by atoms with Crippen LogP contribution in [0, 0.1) is 0 Å². The highest BCUT2D eigenvalue weighted by atomic mass is 16.3. The summed E-state index contributed by atoms with van der Waals surface area (Å²) in [5, 5.41) is 11.5. The van der Waals surface area contributed by atoms with Crippen molar-refractivity contribution in [2.45, 2.75) is 31.8 Å². The average molecular weight is 236 g/mol. The number of aliphatic hydroxyl groups excluding tert-OH is 1. The highest BCUT2D eigenvalue weighted by molar-refractivity contribution is 5.81. The summed E-state index contributed by atoms with van der Waals surface area (Å²) in [6.07, 6.45) is 1.39. The fourth-order valence-electron chi connectivity index (χ4n) is 1.49. The molecule has 94 valence electrons. The molecule has 2 atom stereocenters. The Morgan fingerprint density at radius 3 is 2.65 bits per heavy atom. The topological polar surface area (TPSA) is 75.3 Å². The molecule has 0 aliphatic carbocycles. The fourth-order valence-corrected chi connectivity index (χ4v) is 1.49. The van der Waals surface area contributed by atoms with Crippen LogP contribution in [0.15, 0.2) is 30.3 Å². The maximum atomic E-state index is 11.6. The molecule has 0 aromatic heterocycles. The Hall–Kier alpha value is -1.39. The lowest BCUT2D eigenvalue weighted by Gasteiger charge is -2.15. The van der Waals surface area contributed by atoms with Gasteiger partial charge in [0.05, 0.1) is 12.6 Å². The lowest BCUT2D eigenvalue weighted by molar-refractivity contribution is -0.123. The summed E-state index contributed by atoms with van der Waals surface area (Å²) in [4.78, 5) is 11.6. The van der Waals surface area contributed by atoms with Gasteiger partial charge in [-0.05, 0) is 25.3 Å². The molecule has 0 fully saturated rings. The van der Waals surface area contributed by atoms with Crippen LogP contribution < -0.4 is 11.1 Å². The molecule has 1 amide bonds. The summed E-state index contributed by atoms with van der Waals surface area (Å²) in [6, 6.07) is 9.15. The number of carbonyl (C=O) groups is 1. The number of rotatable bonds is 6. The molecule has 1 rings (SSSR count). The van der Waals surface area contributed by atoms with Gasteiger partial charge in [-0.2, -0.15) is 0 Å². The van der Waals surface area contributed by atoms with Gasteiger partial charge >= 0.3 is 0 Å². The van der Waals surface area contributed by atoms with Gasteiger partial charge in [0.25, 0.3) is 0 Å². The number of benzene rings is 1. The standard InChI is InChI=1S/C13H20N2O2/c1-10(9-16)15-13(17)12(14)8-7-11-5-3-2-4-6-11/h2-6,10,12,16H,7-9,14H2,1H3,(H,15,17)/t10-,12-/m0/s1. The van der Waals surface area contributed by atoms with Crippen LogP contribution in [0.5, 0.6) is 0 Å². The van der Waals surface area contributed by atoms with E-state index in [2.05, 4.69) is 5.32 Å². The predicted octanol–water partition coefficient (Wildman–Crippen LogP) is 0.444. The fraction of sp³-hybridized carbons (Fsp3) is 0.462. The molecule has 0 radical (unpaired) electrons. The number of aliphatic hydroxyl groups is 1. The number of carbonyl (C=O) groups excluding carboxylic acids is 1. The molecule has 4 nitrogen and oxygen atoms in total. The van der Waals surface area contributed by atoms with Gasteiger partial charge in [0.15, 0.2) is 0 Å². The molecule has 1 aromatic carbocycles. The van der Waals surface area contributed by atoms with Crippen LogP contribution in [-0.4, -0.2) is 29.7 Å². The Morgan fingerprint density at radius 1 is 1.41 bits per heavy atom. The predicted molar refractivity (Wildman–Crippen MR) is 67.4 cm³/mol. The smallest absolute Gasteiger partial charge is 0.237 e. The van der Waals surface area contributed by atoms with Gasteiger partial charge in [-0.25, -0.2) is 0 Å². The molecular weight excluding hydrogens is 216 g/mol. The summed E-state index contributed by atoms with van der Waals surface area (Å²) in [5.74, 6) is -0.206. The summed E-state index contributed by atoms with van der Waals surface area (Å²) in [6.45, 7) is 1.67. The largest absolute Gasteiger partial charge is 0.394 e. The third-order valence-corrected chi connectivity index (χ3v) is 2.59. The molecule has 0 bridgehead atoms. The van der Waals surface area contributed by atoms with E-state index in [1.165, 1.54) is 5.56 Å². The zero-order valence-corrected chi connectivity index (χ0v) is 10.1. The first kappa shape index (κ1) is 13.7. The third kappa shape index (κ3) is 4.97. The van der Waals surface area contributed by atoms with E-state index >= 15 is 0 Å². The SMILES string of the molecule is C[C@@H](CO)NC(=O)[C@@H](N)CCc1ccccc1. The summed E-state index contributed by atoms with van der Waals surface area (Å²) < 4.78 is 0. The van der Waals surface area contributed by atoms with Crippen molar-refractivity contribution in [2.24, 2.45) is 5.73 Å². The second-order valence-electron chi connectivity index (χ2n) is 4.22. The normalized spacial score (nSPS) is 14.1. The Morgan fingerprint density at radius 2 is 2.06 bits per heavy atom. The van der Waals surface area contributed by atoms with Crippen LogP contribution in [0.3, 0.4) is 0 Å². The molecule has 0 aliphatic rings. The maximum Gasteiger partial charge on any atom is 0.237 e. The van der Waals surface area contributed by atoms with Crippen LogP contribution in [0.25, 0.3) is 0 Å². The quantitative estimate of drug-likeness (QED) is 0.671. The van der Waals surface area contributed by atoms with E-state index in [1.54, 1.807) is 6.92 Å². The minimum atomic E-state index is -0.524. The van der Waals surface area contributed by atoms with Gasteiger partial charge in [-0.15, -0.1) is 0 Å². The highest BCUT2D eigenvalue weighted by Gasteiger charge is 2.14. The van der Waals surface area contributed by atoms with Gasteiger partial charge in [0, 0.05) is 6.04 Å². The van der Waals surface area contributed by atoms with Crippen molar-refractivity contribution in [1.82, 2.24) is 5.32 Å². The molecular formula is C13H20N2O2. The summed E-state index contributed by atoms with van der Waals surface area (Å²) in [7, 11) is 0. The van der Waals surface area contributed by atoms with Crippen molar-refractivity contribution >= 4 is 5.91 Å². The van der Waals surface area contributed by atoms with Crippen LogP contribution in [-0.2, 0) is 11.2 Å². The van der Waals surface area contributed by atoms with E-state index in [0.29, 0.717) is 6.42 Å². The first-order chi connectivity index (χ1) is 8.13. The third-order valence-electron chi connectivity index (χ3n) is 2.59. The zero-order chi connectivity index (χ0) is 12.7. The van der Waals surface area contributed by atoms with Crippen molar-refractivity contribution in [3.05, 3.63) is 35.9 Å². The van der Waals surface area contributed by atoms with E-state index in [4.69, 9.17) is 10.8 Å². The van der Waals surface area contributed by atoms with Crippen LogP contribution in [0.1, 0.15) is 18.9 Å². The van der Waals surface area contributed by atoms with Gasteiger partial charge in [0.2, 0.25) is 5.91 Å². The first-order valence-corrected chi connectivity index (χ1v) is 5.84. The van der Waals surface area contributed by atoms with Gasteiger partial charge in [-0.1, -0.05) is 30.3 Å². The molecule has 0 spiro atoms. The summed E-state index contributed by atoms with van der Waals surface area (Å²) >= 11 is 0. The van der Waals surface area contributed by atoms with Crippen LogP contribution in [0.2, 0.25) is 0 Å². The van der Waals surface area contributed by atoms with E-state index < -0.39 is 6.04 Å². The monoisotopic (exact) mass is 236 g/mol. The Kier molecular flexibility index (Phi) is 5.66. The number of hydrogen-bond donors (Lipinski definition) is 3. The minimum Gasteiger partial charge on any atom is -0.394 e. The lowest BCUT2D eigenvalue weighted by atomic mass is 10.1. The van der Waals surface area contributed by atoms with Crippen LogP contribution in [0.4, 0.5) is 0 Å². The Balaban J connectivity index is 2.34. The van der Waals surface area contributed by atoms with Gasteiger partial charge < -0.3 is 16.2 Å². The van der Waals surface area contributed by atoms with Crippen molar-refractivity contribution < 1.29 is 9.90 Å². The lowest BCUT2D eigenvalue weighted by Crippen LogP contribution is -2.45. The number of nitrogens with two attached hydrogens (primary N) is 1. The number of aryl methyl sites for hydroxylation is 1. The molecule has 0 heterocycles. The van der Waals surface area contributed by atoms with Crippen molar-refractivity contribution in [3.63, 3.8) is 0 Å². The maximum absolute atomic E-state index is 11.6. The molecule has 0 saturated heterocycles. The van der Waals surface area contributed by atoms with Crippen molar-refractivity contribution in [2.75, 3.05) is 6.61 Å². The molecule has 1 aromatic rings. The number of amides is 1. The molecule has 4 heteroatoms. The van der Waals surface area contributed by atoms with E-state index in [9.17, 15) is 4.79 Å². The Bertz CT molecular complexity index is 341. The van der Waals surface area contributed by atoms with Crippen molar-refractivity contribution in [1.29, 1.82) is 0 Å².